The van der Waals surface area contributed by atoms with Crippen LogP contribution in [0.5, 0.6) is 0 Å². The van der Waals surface area contributed by atoms with Crippen molar-refractivity contribution in [2.45, 2.75) is 244 Å². The fourth-order valence-corrected chi connectivity index (χ4v) is 10.8. The summed E-state index contributed by atoms with van der Waals surface area (Å²) in [4.78, 5) is 229. The Morgan fingerprint density at radius 1 is 0.452 bits per heavy atom. The minimum Gasteiger partial charge on any atom is -0.481 e. The molecule has 1 saturated heterocycles. The molecule has 0 radical (unpaired) electrons. The molecular weight excluding hydrogens is 1370 g/mol. The third-order valence-corrected chi connectivity index (χ3v) is 16.4. The summed E-state index contributed by atoms with van der Waals surface area (Å²) < 4.78 is 0. The smallest absolute Gasteiger partial charge is 0.328 e. The lowest BCUT2D eigenvalue weighted by Gasteiger charge is -2.30. The fourth-order valence-electron chi connectivity index (χ4n) is 10.8. The second-order valence-electron chi connectivity index (χ2n) is 27.7. The van der Waals surface area contributed by atoms with Crippen molar-refractivity contribution in [1.82, 2.24) is 68.7 Å². The molecule has 15 amide bonds. The van der Waals surface area contributed by atoms with Gasteiger partial charge in [0.25, 0.3) is 0 Å². The van der Waals surface area contributed by atoms with Crippen molar-refractivity contribution in [3.8, 4) is 0 Å². The van der Waals surface area contributed by atoms with Gasteiger partial charge >= 0.3 is 11.9 Å². The van der Waals surface area contributed by atoms with Gasteiger partial charge in [-0.1, -0.05) is 69.2 Å². The number of unbranched alkanes of at least 4 members (excludes halogenated alkanes) is 1. The summed E-state index contributed by atoms with van der Waals surface area (Å²) >= 11 is 0. The van der Waals surface area contributed by atoms with Crippen molar-refractivity contribution >= 4 is 101 Å². The minimum absolute atomic E-state index is 0.0117. The third-order valence-electron chi connectivity index (χ3n) is 16.4. The van der Waals surface area contributed by atoms with Crippen molar-refractivity contribution in [1.29, 1.82) is 0 Å². The lowest BCUT2D eigenvalue weighted by molar-refractivity contribution is -0.146. The van der Waals surface area contributed by atoms with Gasteiger partial charge in [-0.3, -0.25) is 76.7 Å². The van der Waals surface area contributed by atoms with Crippen LogP contribution in [0.1, 0.15) is 160 Å². The number of nitrogens with zero attached hydrogens (tertiary/aromatic N) is 1. The van der Waals surface area contributed by atoms with E-state index in [0.29, 0.717) is 6.42 Å². The first-order valence-electron chi connectivity index (χ1n) is 34.8. The number of hydrogen-bond acceptors (Lipinski definition) is 22. The van der Waals surface area contributed by atoms with Crippen molar-refractivity contribution < 1.29 is 107 Å². The van der Waals surface area contributed by atoms with Crippen molar-refractivity contribution in [2.75, 3.05) is 32.8 Å². The maximum atomic E-state index is 14.3. The van der Waals surface area contributed by atoms with Gasteiger partial charge in [-0.05, 0) is 107 Å². The van der Waals surface area contributed by atoms with Crippen LogP contribution >= 0.6 is 0 Å². The quantitative estimate of drug-likeness (QED) is 0.0252. The number of aliphatic carboxylic acids is 2. The predicted molar refractivity (Wildman–Crippen MR) is 371 cm³/mol. The third kappa shape index (κ3) is 33.5. The van der Waals surface area contributed by atoms with Gasteiger partial charge in [-0.15, -0.1) is 0 Å². The number of amides is 15. The molecule has 14 atom stereocenters. The highest BCUT2D eigenvalue weighted by molar-refractivity contribution is 6.01. The number of hydrogen-bond donors (Lipinski definition) is 21. The molecule has 0 aromatic carbocycles. The molecule has 0 spiro atoms. The van der Waals surface area contributed by atoms with Crippen molar-refractivity contribution in [3.05, 3.63) is 0 Å². The van der Waals surface area contributed by atoms with Gasteiger partial charge in [-0.2, -0.15) is 0 Å². The molecule has 0 unspecified atom stereocenters. The molecule has 0 bridgehead atoms. The van der Waals surface area contributed by atoms with Crippen LogP contribution in [0.15, 0.2) is 0 Å². The number of carbonyl (C=O) groups excluding carboxylic acids is 15. The van der Waals surface area contributed by atoms with Crippen LogP contribution in [0.3, 0.4) is 0 Å². The van der Waals surface area contributed by atoms with Gasteiger partial charge in [0.15, 0.2) is 0 Å². The number of carbonyl (C=O) groups is 17. The van der Waals surface area contributed by atoms with Gasteiger partial charge in [0.1, 0.15) is 78.5 Å². The number of aliphatic hydroxyl groups is 3. The molecule has 25 N–H and O–H groups in total. The molecule has 1 aliphatic heterocycles. The van der Waals surface area contributed by atoms with Crippen LogP contribution in [-0.4, -0.2) is 248 Å². The Hall–Kier alpha value is -9.21. The summed E-state index contributed by atoms with van der Waals surface area (Å²) in [5.74, 6) is -20.1. The normalized spacial score (nSPS) is 16.6. The van der Waals surface area contributed by atoms with E-state index in [1.807, 2.05) is 0 Å². The van der Waals surface area contributed by atoms with Crippen molar-refractivity contribution in [2.24, 2.45) is 52.5 Å². The first-order chi connectivity index (χ1) is 48.5. The standard InChI is InChI=1S/C65H113N17O22/c1-30(2)23-40(74-53(91)36(67)28-83)58(96)75-41(24-31(3)4)57(95)72-39(17-19-46(68)86)56(94)80-51(34(9)10)63(101)77-42(25-32(5)6)59(97)76-43(26-47(69)87)60(98)81-50(33(7)8)62(100)73-37(15-12-13-21-66)55(93)71-38(18-20-49(89)90)54(92)70-27-48(88)79-52(35(11)85)64(102)82-22-14-16-45(82)61(99)78-44(29-84)65(103)104/h30-45,50-52,83-85H,12-29,66-67H2,1-11H3,(H2,68,86)(H2,69,87)(H,70,92)(H,71,93)(H,72,95)(H,73,100)(H,74,91)(H,75,96)(H,76,97)(H,77,101)(H,78,99)(H,79,88)(H,80,94)(H,81,98)(H,89,90)(H,103,104)/t35-,36+,37+,38+,39+,40+,41+,42+,43+,44+,45+,50+,51+,52+/m1/s1. The second kappa shape index (κ2) is 46.5. The molecular formula is C65H113N17O22. The van der Waals surface area contributed by atoms with Gasteiger partial charge < -0.3 is 117 Å². The van der Waals surface area contributed by atoms with Gasteiger partial charge in [0, 0.05) is 19.4 Å². The first kappa shape index (κ1) is 92.8. The zero-order chi connectivity index (χ0) is 79.6. The second-order valence-corrected chi connectivity index (χ2v) is 27.7. The SMILES string of the molecule is CC(C)C[C@H](NC(=O)[C@H](CC(C)C)NC(=O)[C@@H](N)CO)C(=O)N[C@@H](CCC(N)=O)C(=O)N[C@H](C(=O)N[C@@H](CC(C)C)C(=O)N[C@@H](CC(N)=O)C(=O)N[C@H](C(=O)N[C@@H](CCCCN)C(=O)N[C@@H](CCC(=O)O)C(=O)NCC(=O)N[C@H](C(=O)N1CCC[C@H]1C(=O)N[C@@H](CO)C(=O)O)[C@@H](C)O)C(C)C)C(C)C. The van der Waals surface area contributed by atoms with E-state index < -0.39 is 249 Å². The number of nitrogens with one attached hydrogen (secondary N) is 12. The van der Waals surface area contributed by atoms with E-state index >= 15 is 0 Å². The number of nitrogens with two attached hydrogens (primary N) is 4. The van der Waals surface area contributed by atoms with Crippen LogP contribution in [0.2, 0.25) is 0 Å². The monoisotopic (exact) mass is 1480 g/mol. The van der Waals surface area contributed by atoms with E-state index in [9.17, 15) is 107 Å². The summed E-state index contributed by atoms with van der Waals surface area (Å²) in [5.41, 5.74) is 22.4. The Bertz CT molecular complexity index is 2970. The molecule has 0 saturated carbocycles. The van der Waals surface area contributed by atoms with Crippen LogP contribution in [-0.2, 0) is 81.5 Å². The summed E-state index contributed by atoms with van der Waals surface area (Å²) in [7, 11) is 0. The summed E-state index contributed by atoms with van der Waals surface area (Å²) in [5, 5.41) is 77.4. The van der Waals surface area contributed by atoms with E-state index in [4.69, 9.17) is 22.9 Å². The van der Waals surface area contributed by atoms with E-state index in [1.165, 1.54) is 27.7 Å². The molecule has 1 rings (SSSR count). The average molecular weight is 1480 g/mol. The Balaban J connectivity index is 3.51. The largest absolute Gasteiger partial charge is 0.481 e. The van der Waals surface area contributed by atoms with E-state index in [-0.39, 0.29) is 75.8 Å². The maximum Gasteiger partial charge on any atom is 0.328 e. The lowest BCUT2D eigenvalue weighted by Crippen LogP contribution is -2.62. The highest BCUT2D eigenvalue weighted by atomic mass is 16.4. The molecule has 1 fully saturated rings. The molecule has 0 aromatic heterocycles. The maximum absolute atomic E-state index is 14.3. The summed E-state index contributed by atoms with van der Waals surface area (Å²) in [6.07, 6.45) is -4.00. The first-order valence-corrected chi connectivity index (χ1v) is 34.8. The highest BCUT2D eigenvalue weighted by Gasteiger charge is 2.42. The number of carboxylic acids is 2. The Labute approximate surface area is 604 Å². The Kier molecular flexibility index (Phi) is 41.5. The number of carboxylic acid groups (broad SMARTS) is 2. The van der Waals surface area contributed by atoms with Crippen molar-refractivity contribution in [3.63, 3.8) is 0 Å². The fraction of sp³-hybridized carbons (Fsp3) is 0.738. The number of rotatable bonds is 49. The van der Waals surface area contributed by atoms with Gasteiger partial charge in [0.05, 0.1) is 32.3 Å². The lowest BCUT2D eigenvalue weighted by atomic mass is 9.98. The van der Waals surface area contributed by atoms with Gasteiger partial charge in [-0.25, -0.2) is 4.79 Å². The topological polar surface area (TPSA) is 643 Å². The molecule has 1 aliphatic rings. The molecule has 39 heteroatoms. The van der Waals surface area contributed by atoms with Crippen LogP contribution in [0.4, 0.5) is 0 Å². The van der Waals surface area contributed by atoms with E-state index in [1.54, 1.807) is 41.5 Å². The zero-order valence-electron chi connectivity index (χ0n) is 61.1. The number of aliphatic hydroxyl groups excluding tert-OH is 3. The zero-order valence-corrected chi connectivity index (χ0v) is 61.1. The van der Waals surface area contributed by atoms with Crippen LogP contribution in [0, 0.1) is 29.6 Å². The highest BCUT2D eigenvalue weighted by Crippen LogP contribution is 2.21. The van der Waals surface area contributed by atoms with Crippen LogP contribution in [0.25, 0.3) is 0 Å². The minimum atomic E-state index is -1.84. The Morgan fingerprint density at radius 3 is 1.29 bits per heavy atom. The number of likely N-dealkylation sites (tertiary alicyclic amines) is 1. The molecule has 104 heavy (non-hydrogen) atoms. The summed E-state index contributed by atoms with van der Waals surface area (Å²) in [6, 6.07) is -19.8. The number of primary amides is 2. The Morgan fingerprint density at radius 2 is 0.865 bits per heavy atom. The van der Waals surface area contributed by atoms with Gasteiger partial charge in [0.2, 0.25) is 88.6 Å². The molecule has 1 heterocycles. The molecule has 590 valence electrons. The molecule has 0 aliphatic carbocycles. The average Bonchev–Trinajstić information content (AvgIpc) is 1.59. The predicted octanol–water partition coefficient (Wildman–Crippen LogP) is -7.21. The van der Waals surface area contributed by atoms with Crippen LogP contribution < -0.4 is 86.7 Å². The van der Waals surface area contributed by atoms with E-state index in [0.717, 1.165) is 11.8 Å². The summed E-state index contributed by atoms with van der Waals surface area (Å²) in [6.45, 7) is 15.1. The molecule has 39 nitrogen and oxygen atoms in total. The molecule has 0 aromatic rings. The van der Waals surface area contributed by atoms with E-state index in [2.05, 4.69) is 63.8 Å².